The number of hydrogen-bond donors (Lipinski definition) is 4. The van der Waals surface area contributed by atoms with E-state index in [1.807, 2.05) is 19.9 Å². The molecular weight excluding hydrogens is 508 g/mol. The molecule has 0 spiro atoms. The van der Waals surface area contributed by atoms with Crippen molar-refractivity contribution < 1.29 is 19.4 Å². The number of aliphatic hydroxyl groups excluding tert-OH is 1. The van der Waals surface area contributed by atoms with E-state index < -0.39 is 17.2 Å². The fourth-order valence-corrected chi connectivity index (χ4v) is 3.71. The molecule has 3 rings (SSSR count). The molecule has 1 atom stereocenters. The van der Waals surface area contributed by atoms with Crippen LogP contribution in [-0.4, -0.2) is 53.9 Å². The first-order valence-electron chi connectivity index (χ1n) is 12.0. The topological polar surface area (TPSA) is 136 Å². The lowest BCUT2D eigenvalue weighted by atomic mass is 10.0. The Labute approximate surface area is 226 Å². The molecule has 9 nitrogen and oxygen atoms in total. The Kier molecular flexibility index (Phi) is 9.91. The highest BCUT2D eigenvalue weighted by molar-refractivity contribution is 6.32. The number of aryl methyl sites for hydroxylation is 1. The third-order valence-electron chi connectivity index (χ3n) is 5.71. The van der Waals surface area contributed by atoms with Gasteiger partial charge in [-0.25, -0.2) is 0 Å². The SMILES string of the molecule is Cc1[nH]c(=O)c(C#N)cc1-c1ccc(OCC(=O)NCC(C)(C)NCC(O)COc2ccccc2Cl)cc1. The van der Waals surface area contributed by atoms with Crippen LogP contribution in [0.15, 0.2) is 59.4 Å². The molecule has 1 heterocycles. The quantitative estimate of drug-likeness (QED) is 0.278. The summed E-state index contributed by atoms with van der Waals surface area (Å²) in [7, 11) is 0. The van der Waals surface area contributed by atoms with Crippen molar-refractivity contribution in [1.29, 1.82) is 5.26 Å². The van der Waals surface area contributed by atoms with Gasteiger partial charge in [-0.1, -0.05) is 35.9 Å². The first-order valence-corrected chi connectivity index (χ1v) is 12.4. The zero-order valence-corrected chi connectivity index (χ0v) is 22.3. The maximum absolute atomic E-state index is 12.3. The van der Waals surface area contributed by atoms with Crippen molar-refractivity contribution in [3.05, 3.63) is 81.2 Å². The number of benzene rings is 2. The number of rotatable bonds is 12. The highest BCUT2D eigenvalue weighted by atomic mass is 35.5. The average Bonchev–Trinajstić information content (AvgIpc) is 2.90. The van der Waals surface area contributed by atoms with Crippen LogP contribution in [0.1, 0.15) is 25.1 Å². The predicted octanol–water partition coefficient (Wildman–Crippen LogP) is 3.18. The molecule has 0 saturated carbocycles. The number of nitrogens with zero attached hydrogens (tertiary/aromatic N) is 1. The number of H-pyrrole nitrogens is 1. The number of aromatic amines is 1. The second-order valence-electron chi connectivity index (χ2n) is 9.41. The molecule has 3 aromatic rings. The number of pyridine rings is 1. The van der Waals surface area contributed by atoms with Crippen LogP contribution in [0.2, 0.25) is 5.02 Å². The number of hydrogen-bond acceptors (Lipinski definition) is 7. The van der Waals surface area contributed by atoms with Crippen LogP contribution in [0, 0.1) is 18.3 Å². The Morgan fingerprint density at radius 2 is 1.89 bits per heavy atom. The first-order chi connectivity index (χ1) is 18.1. The number of aromatic nitrogens is 1. The van der Waals surface area contributed by atoms with Crippen LogP contribution in [0.25, 0.3) is 11.1 Å². The van der Waals surface area contributed by atoms with Gasteiger partial charge in [0, 0.05) is 29.9 Å². The summed E-state index contributed by atoms with van der Waals surface area (Å²) in [4.78, 5) is 26.8. The van der Waals surface area contributed by atoms with Crippen molar-refractivity contribution >= 4 is 17.5 Å². The monoisotopic (exact) mass is 538 g/mol. The number of para-hydroxylation sites is 1. The Hall–Kier alpha value is -3.84. The van der Waals surface area contributed by atoms with Crippen LogP contribution >= 0.6 is 11.6 Å². The average molecular weight is 539 g/mol. The molecule has 1 unspecified atom stereocenters. The van der Waals surface area contributed by atoms with Gasteiger partial charge in [0.1, 0.15) is 35.8 Å². The lowest BCUT2D eigenvalue weighted by Crippen LogP contribution is -2.52. The molecule has 200 valence electrons. The summed E-state index contributed by atoms with van der Waals surface area (Å²) >= 11 is 6.05. The molecule has 1 amide bonds. The molecule has 0 aliphatic rings. The molecule has 10 heteroatoms. The number of halogens is 1. The van der Waals surface area contributed by atoms with Crippen LogP contribution in [0.3, 0.4) is 0 Å². The molecule has 0 bridgehead atoms. The lowest BCUT2D eigenvalue weighted by molar-refractivity contribution is -0.123. The van der Waals surface area contributed by atoms with E-state index in [4.69, 9.17) is 26.3 Å². The molecule has 4 N–H and O–H groups in total. The summed E-state index contributed by atoms with van der Waals surface area (Å²) < 4.78 is 11.1. The van der Waals surface area contributed by atoms with Gasteiger partial charge in [0.25, 0.3) is 11.5 Å². The van der Waals surface area contributed by atoms with Gasteiger partial charge in [-0.15, -0.1) is 0 Å². The van der Waals surface area contributed by atoms with Crippen LogP contribution in [-0.2, 0) is 4.79 Å². The van der Waals surface area contributed by atoms with Gasteiger partial charge in [0.05, 0.1) is 5.02 Å². The summed E-state index contributed by atoms with van der Waals surface area (Å²) in [6, 6.07) is 17.5. The van der Waals surface area contributed by atoms with Gasteiger partial charge < -0.3 is 30.2 Å². The second kappa shape index (κ2) is 13.1. The number of carbonyl (C=O) groups is 1. The third-order valence-corrected chi connectivity index (χ3v) is 6.02. The second-order valence-corrected chi connectivity index (χ2v) is 9.82. The lowest BCUT2D eigenvalue weighted by Gasteiger charge is -2.28. The summed E-state index contributed by atoms with van der Waals surface area (Å²) in [6.07, 6.45) is -0.765. The molecule has 0 aliphatic carbocycles. The Balaban J connectivity index is 1.41. The van der Waals surface area contributed by atoms with Gasteiger partial charge in [-0.2, -0.15) is 5.26 Å². The Bertz CT molecular complexity index is 1350. The fraction of sp³-hybridized carbons (Fsp3) is 0.321. The van der Waals surface area contributed by atoms with Gasteiger partial charge in [0.15, 0.2) is 6.61 Å². The zero-order chi connectivity index (χ0) is 27.7. The highest BCUT2D eigenvalue weighted by Gasteiger charge is 2.20. The zero-order valence-electron chi connectivity index (χ0n) is 21.5. The van der Waals surface area contributed by atoms with Crippen molar-refractivity contribution in [2.45, 2.75) is 32.4 Å². The van der Waals surface area contributed by atoms with Gasteiger partial charge in [0.2, 0.25) is 0 Å². The number of ether oxygens (including phenoxy) is 2. The van der Waals surface area contributed by atoms with E-state index in [9.17, 15) is 14.7 Å². The van der Waals surface area contributed by atoms with Crippen LogP contribution in [0.4, 0.5) is 0 Å². The van der Waals surface area contributed by atoms with Crippen molar-refractivity contribution in [3.63, 3.8) is 0 Å². The number of aliphatic hydroxyl groups is 1. The molecule has 0 saturated heterocycles. The van der Waals surface area contributed by atoms with Gasteiger partial charge in [-0.05, 0) is 56.7 Å². The number of β-amino-alcohol motifs (C(OH)–C–C–N with tert-alkyl or cyclic N) is 1. The summed E-state index contributed by atoms with van der Waals surface area (Å²) in [5.41, 5.74) is 1.33. The largest absolute Gasteiger partial charge is 0.489 e. The Morgan fingerprint density at radius 3 is 2.58 bits per heavy atom. The number of carbonyl (C=O) groups excluding carboxylic acids is 1. The summed E-state index contributed by atoms with van der Waals surface area (Å²) in [6.45, 7) is 6.07. The van der Waals surface area contributed by atoms with E-state index in [0.29, 0.717) is 28.8 Å². The standard InChI is InChI=1S/C28H31ClN4O5/c1-18-23(12-20(13-30)27(36)33-18)19-8-10-22(11-9-19)37-16-26(35)31-17-28(2,3)32-14-21(34)15-38-25-7-5-4-6-24(25)29/h4-12,21,32,34H,14-17H2,1-3H3,(H,31,35)(H,33,36). The molecule has 0 radical (unpaired) electrons. The minimum Gasteiger partial charge on any atom is -0.489 e. The maximum atomic E-state index is 12.3. The number of nitriles is 1. The third kappa shape index (κ3) is 8.35. The predicted molar refractivity (Wildman–Crippen MR) is 145 cm³/mol. The first kappa shape index (κ1) is 28.7. The van der Waals surface area contributed by atoms with Crippen LogP contribution < -0.4 is 25.7 Å². The number of amides is 1. The van der Waals surface area contributed by atoms with Crippen molar-refractivity contribution in [2.75, 3.05) is 26.3 Å². The molecule has 2 aromatic carbocycles. The van der Waals surface area contributed by atoms with Crippen molar-refractivity contribution in [3.8, 4) is 28.7 Å². The minimum atomic E-state index is -0.765. The van der Waals surface area contributed by atoms with E-state index in [1.165, 1.54) is 0 Å². The van der Waals surface area contributed by atoms with Crippen LogP contribution in [0.5, 0.6) is 11.5 Å². The fourth-order valence-electron chi connectivity index (χ4n) is 3.52. The minimum absolute atomic E-state index is 0.0416. The normalized spacial score (nSPS) is 11.9. The van der Waals surface area contributed by atoms with E-state index in [1.54, 1.807) is 61.5 Å². The van der Waals surface area contributed by atoms with Gasteiger partial charge >= 0.3 is 0 Å². The summed E-state index contributed by atoms with van der Waals surface area (Å²) in [5, 5.41) is 25.9. The highest BCUT2D eigenvalue weighted by Crippen LogP contribution is 2.25. The van der Waals surface area contributed by atoms with Gasteiger partial charge in [-0.3, -0.25) is 9.59 Å². The van der Waals surface area contributed by atoms with Crippen molar-refractivity contribution in [2.24, 2.45) is 0 Å². The van der Waals surface area contributed by atoms with E-state index in [0.717, 1.165) is 11.1 Å². The molecule has 0 fully saturated rings. The summed E-state index contributed by atoms with van der Waals surface area (Å²) in [5.74, 6) is 0.723. The molecule has 1 aromatic heterocycles. The Morgan fingerprint density at radius 1 is 1.18 bits per heavy atom. The van der Waals surface area contributed by atoms with E-state index in [2.05, 4.69) is 15.6 Å². The molecular formula is C28H31ClN4O5. The number of nitrogens with one attached hydrogen (secondary N) is 3. The molecule has 0 aliphatic heterocycles. The van der Waals surface area contributed by atoms with Crippen molar-refractivity contribution in [1.82, 2.24) is 15.6 Å². The maximum Gasteiger partial charge on any atom is 0.266 e. The smallest absolute Gasteiger partial charge is 0.266 e. The van der Waals surface area contributed by atoms with E-state index in [-0.39, 0.29) is 31.2 Å². The molecule has 38 heavy (non-hydrogen) atoms. The van der Waals surface area contributed by atoms with E-state index >= 15 is 0 Å².